The topological polar surface area (TPSA) is 17.1 Å². The van der Waals surface area contributed by atoms with Gasteiger partial charge in [0.05, 0.1) is 0 Å². The maximum absolute atomic E-state index is 12.5. The molecule has 0 spiro atoms. The summed E-state index contributed by atoms with van der Waals surface area (Å²) in [6.07, 6.45) is 2.55. The first-order valence-electron chi connectivity index (χ1n) is 7.44. The van der Waals surface area contributed by atoms with E-state index < -0.39 is 0 Å². The molecule has 0 amide bonds. The fraction of sp³-hybridized carbons (Fsp3) is 0.611. The highest BCUT2D eigenvalue weighted by molar-refractivity contribution is 5.97. The van der Waals surface area contributed by atoms with E-state index in [1.54, 1.807) is 0 Å². The third kappa shape index (κ3) is 4.19. The summed E-state index contributed by atoms with van der Waals surface area (Å²) in [5.41, 5.74) is 3.56. The molecular weight excluding hydrogens is 232 g/mol. The van der Waals surface area contributed by atoms with Crippen LogP contribution in [0.5, 0.6) is 0 Å². The number of hydrogen-bond donors (Lipinski definition) is 0. The van der Waals surface area contributed by atoms with Crippen LogP contribution in [0.3, 0.4) is 0 Å². The van der Waals surface area contributed by atoms with Crippen molar-refractivity contribution in [2.75, 3.05) is 0 Å². The summed E-state index contributed by atoms with van der Waals surface area (Å²) in [6, 6.07) is 6.35. The third-order valence-electron chi connectivity index (χ3n) is 4.23. The maximum Gasteiger partial charge on any atom is 0.163 e. The zero-order valence-electron chi connectivity index (χ0n) is 13.3. The molecule has 0 aliphatic carbocycles. The smallest absolute Gasteiger partial charge is 0.163 e. The van der Waals surface area contributed by atoms with Crippen LogP contribution in [-0.4, -0.2) is 5.78 Å². The molecule has 0 bridgehead atoms. The van der Waals surface area contributed by atoms with Crippen LogP contribution in [0, 0.1) is 11.3 Å². The van der Waals surface area contributed by atoms with Gasteiger partial charge in [-0.05, 0) is 41.4 Å². The van der Waals surface area contributed by atoms with Gasteiger partial charge in [0, 0.05) is 12.0 Å². The van der Waals surface area contributed by atoms with Crippen molar-refractivity contribution < 1.29 is 4.79 Å². The normalized spacial score (nSPS) is 13.4. The largest absolute Gasteiger partial charge is 0.294 e. The summed E-state index contributed by atoms with van der Waals surface area (Å²) in [7, 11) is 0. The summed E-state index contributed by atoms with van der Waals surface area (Å²) in [6.45, 7) is 13.0. The van der Waals surface area contributed by atoms with Crippen LogP contribution in [0.25, 0.3) is 0 Å². The Bertz CT molecular complexity index is 437. The van der Waals surface area contributed by atoms with E-state index in [4.69, 9.17) is 0 Å². The maximum atomic E-state index is 12.5. The molecule has 1 aromatic carbocycles. The van der Waals surface area contributed by atoms with Crippen LogP contribution in [0.4, 0.5) is 0 Å². The van der Waals surface area contributed by atoms with Gasteiger partial charge in [0.25, 0.3) is 0 Å². The van der Waals surface area contributed by atoms with Crippen molar-refractivity contribution in [3.05, 3.63) is 34.9 Å². The number of benzene rings is 1. The summed E-state index contributed by atoms with van der Waals surface area (Å²) in [4.78, 5) is 12.5. The van der Waals surface area contributed by atoms with Gasteiger partial charge in [-0.25, -0.2) is 0 Å². The van der Waals surface area contributed by atoms with Gasteiger partial charge in [-0.1, -0.05) is 53.7 Å². The fourth-order valence-corrected chi connectivity index (χ4v) is 2.11. The Balaban J connectivity index is 2.98. The Morgan fingerprint density at radius 2 is 1.79 bits per heavy atom. The summed E-state index contributed by atoms with van der Waals surface area (Å²) >= 11 is 0. The van der Waals surface area contributed by atoms with Crippen LogP contribution in [0.1, 0.15) is 69.4 Å². The average molecular weight is 260 g/mol. The van der Waals surface area contributed by atoms with E-state index in [1.165, 1.54) is 11.1 Å². The second-order valence-corrected chi connectivity index (χ2v) is 6.59. The lowest BCUT2D eigenvalue weighted by Crippen LogP contribution is -2.21. The molecule has 0 aliphatic heterocycles. The molecule has 0 N–H and O–H groups in total. The van der Waals surface area contributed by atoms with Crippen LogP contribution < -0.4 is 0 Å². The van der Waals surface area contributed by atoms with Crippen LogP contribution in [-0.2, 0) is 12.8 Å². The number of hydrogen-bond acceptors (Lipinski definition) is 1. The van der Waals surface area contributed by atoms with E-state index >= 15 is 0 Å². The van der Waals surface area contributed by atoms with E-state index in [0.29, 0.717) is 18.1 Å². The minimum Gasteiger partial charge on any atom is -0.294 e. The molecule has 0 saturated heterocycles. The molecule has 1 heteroatoms. The minimum atomic E-state index is 0.185. The van der Waals surface area contributed by atoms with Crippen molar-refractivity contribution in [3.63, 3.8) is 0 Å². The van der Waals surface area contributed by atoms with Gasteiger partial charge in [0.2, 0.25) is 0 Å². The molecule has 1 rings (SSSR count). The van der Waals surface area contributed by atoms with Crippen molar-refractivity contribution in [2.45, 2.75) is 60.8 Å². The number of ketones is 1. The zero-order chi connectivity index (χ0) is 14.6. The van der Waals surface area contributed by atoms with E-state index in [9.17, 15) is 4.79 Å². The van der Waals surface area contributed by atoms with Gasteiger partial charge in [-0.15, -0.1) is 0 Å². The number of carbonyl (C=O) groups excluding carboxylic acids is 1. The standard InChI is InChI=1S/C18H28O/c1-7-14-9-10-15(8-2)16(12-14)17(19)11-13(3)18(4,5)6/h9-10,12-13H,7-8,11H2,1-6H3. The highest BCUT2D eigenvalue weighted by Crippen LogP contribution is 2.29. The Morgan fingerprint density at radius 3 is 2.26 bits per heavy atom. The van der Waals surface area contributed by atoms with Gasteiger partial charge in [-0.2, -0.15) is 0 Å². The van der Waals surface area contributed by atoms with Gasteiger partial charge < -0.3 is 0 Å². The van der Waals surface area contributed by atoms with Crippen molar-refractivity contribution in [2.24, 2.45) is 11.3 Å². The second kappa shape index (κ2) is 6.36. The van der Waals surface area contributed by atoms with E-state index in [1.807, 2.05) is 0 Å². The van der Waals surface area contributed by atoms with Gasteiger partial charge in [-0.3, -0.25) is 4.79 Å². The zero-order valence-corrected chi connectivity index (χ0v) is 13.3. The molecule has 1 nitrogen and oxygen atoms in total. The third-order valence-corrected chi connectivity index (χ3v) is 4.23. The monoisotopic (exact) mass is 260 g/mol. The van der Waals surface area contributed by atoms with Crippen molar-refractivity contribution >= 4 is 5.78 Å². The molecular formula is C18H28O. The molecule has 0 aromatic heterocycles. The number of aryl methyl sites for hydroxylation is 2. The lowest BCUT2D eigenvalue weighted by atomic mass is 9.78. The first-order valence-corrected chi connectivity index (χ1v) is 7.44. The van der Waals surface area contributed by atoms with Crippen molar-refractivity contribution in [1.82, 2.24) is 0 Å². The lowest BCUT2D eigenvalue weighted by molar-refractivity contribution is 0.0926. The van der Waals surface area contributed by atoms with Crippen LogP contribution in [0.2, 0.25) is 0 Å². The van der Waals surface area contributed by atoms with Gasteiger partial charge >= 0.3 is 0 Å². The Labute approximate surface area is 118 Å². The van der Waals surface area contributed by atoms with E-state index in [0.717, 1.165) is 18.4 Å². The predicted octanol–water partition coefficient (Wildman–Crippen LogP) is 5.07. The second-order valence-electron chi connectivity index (χ2n) is 6.59. The highest BCUT2D eigenvalue weighted by atomic mass is 16.1. The predicted molar refractivity (Wildman–Crippen MR) is 82.8 cm³/mol. The molecule has 1 aromatic rings. The summed E-state index contributed by atoms with van der Waals surface area (Å²) in [5.74, 6) is 0.699. The molecule has 1 atom stereocenters. The van der Waals surface area contributed by atoms with E-state index in [2.05, 4.69) is 59.7 Å². The molecule has 106 valence electrons. The summed E-state index contributed by atoms with van der Waals surface area (Å²) < 4.78 is 0. The first-order chi connectivity index (χ1) is 8.79. The molecule has 0 radical (unpaired) electrons. The van der Waals surface area contributed by atoms with E-state index in [-0.39, 0.29) is 5.41 Å². The van der Waals surface area contributed by atoms with Crippen molar-refractivity contribution in [3.8, 4) is 0 Å². The van der Waals surface area contributed by atoms with Crippen molar-refractivity contribution in [1.29, 1.82) is 0 Å². The lowest BCUT2D eigenvalue weighted by Gasteiger charge is -2.27. The Hall–Kier alpha value is -1.11. The quantitative estimate of drug-likeness (QED) is 0.676. The van der Waals surface area contributed by atoms with Gasteiger partial charge in [0.15, 0.2) is 5.78 Å². The molecule has 0 fully saturated rings. The fourth-order valence-electron chi connectivity index (χ4n) is 2.11. The first kappa shape index (κ1) is 15.9. The van der Waals surface area contributed by atoms with Crippen LogP contribution >= 0.6 is 0 Å². The number of rotatable bonds is 5. The minimum absolute atomic E-state index is 0.185. The average Bonchev–Trinajstić information content (AvgIpc) is 2.36. The molecule has 19 heavy (non-hydrogen) atoms. The number of Topliss-reactive ketones (excluding diaryl/α,β-unsaturated/α-hetero) is 1. The van der Waals surface area contributed by atoms with Crippen LogP contribution in [0.15, 0.2) is 18.2 Å². The number of carbonyl (C=O) groups is 1. The Kier molecular flexibility index (Phi) is 5.34. The highest BCUT2D eigenvalue weighted by Gasteiger charge is 2.24. The summed E-state index contributed by atoms with van der Waals surface area (Å²) in [5, 5.41) is 0. The van der Waals surface area contributed by atoms with Gasteiger partial charge in [0.1, 0.15) is 0 Å². The Morgan fingerprint density at radius 1 is 1.16 bits per heavy atom. The SMILES string of the molecule is CCc1ccc(CC)c(C(=O)CC(C)C(C)(C)C)c1. The molecule has 1 unspecified atom stereocenters. The molecule has 0 aliphatic rings. The molecule has 0 saturated carbocycles. The molecule has 0 heterocycles.